The van der Waals surface area contributed by atoms with Gasteiger partial charge in [-0.2, -0.15) is 0 Å². The van der Waals surface area contributed by atoms with Crippen molar-refractivity contribution in [2.45, 2.75) is 176 Å². The Kier molecular flexibility index (Phi) is 177. The van der Waals surface area contributed by atoms with Crippen molar-refractivity contribution in [1.29, 1.82) is 0 Å². The quantitative estimate of drug-likeness (QED) is 0.0862. The first-order chi connectivity index (χ1) is 17.1. The molecular weight excluding hydrogens is 512 g/mol. The topological polar surface area (TPSA) is 280 Å². The van der Waals surface area contributed by atoms with Crippen LogP contribution in [0.1, 0.15) is 170 Å². The van der Waals surface area contributed by atoms with Gasteiger partial charge in [0.15, 0.2) is 0 Å². The zero-order valence-corrected chi connectivity index (χ0v) is 28.8. The Labute approximate surface area is 252 Å². The lowest BCUT2D eigenvalue weighted by molar-refractivity contribution is 0.168. The molecule has 1 atom stereocenters. The highest BCUT2D eigenvalue weighted by Crippen LogP contribution is 2.14. The summed E-state index contributed by atoms with van der Waals surface area (Å²) in [6, 6.07) is 0. The molecule has 0 rings (SSSR count). The van der Waals surface area contributed by atoms with E-state index in [1.807, 2.05) is 13.8 Å². The number of rotatable bonds is 19. The van der Waals surface area contributed by atoms with Crippen LogP contribution in [-0.4, -0.2) is 59.0 Å². The summed E-state index contributed by atoms with van der Waals surface area (Å²) >= 11 is 0. The number of hydrogen-bond donors (Lipinski definition) is 6. The number of unbranched alkanes of at least 4 members (excludes halogenated alkanes) is 16. The molecule has 0 bridgehead atoms. The van der Waals surface area contributed by atoms with E-state index >= 15 is 0 Å². The van der Waals surface area contributed by atoms with Crippen molar-refractivity contribution in [1.82, 2.24) is 6.15 Å². The molecule has 0 aliphatic carbocycles. The molecule has 262 valence electrons. The summed E-state index contributed by atoms with van der Waals surface area (Å²) in [5.74, 6) is 0. The second-order valence-electron chi connectivity index (χ2n) is 8.51. The van der Waals surface area contributed by atoms with E-state index in [9.17, 15) is 0 Å². The summed E-state index contributed by atoms with van der Waals surface area (Å²) in [6.07, 6.45) is 26.1. The van der Waals surface area contributed by atoms with Crippen LogP contribution >= 0.6 is 0 Å². The molecule has 0 aromatic heterocycles. The monoisotopic (exact) mass is 599 g/mol. The Morgan fingerprint density at radius 1 is 0.500 bits per heavy atom. The zero-order chi connectivity index (χ0) is 28.4. The minimum Gasteiger partial charge on any atom is -0.412 e. The van der Waals surface area contributed by atoms with Crippen molar-refractivity contribution < 1.29 is 32.1 Å². The van der Waals surface area contributed by atoms with Gasteiger partial charge in [0, 0.05) is 7.11 Å². The Bertz CT molecular complexity index is 258. The van der Waals surface area contributed by atoms with Gasteiger partial charge in [0.05, 0.1) is 0 Å². The summed E-state index contributed by atoms with van der Waals surface area (Å²) < 4.78 is 0. The van der Waals surface area contributed by atoms with Gasteiger partial charge in [0.2, 0.25) is 0 Å². The molecule has 19 N–H and O–H groups in total. The van der Waals surface area contributed by atoms with Crippen LogP contribution in [0.15, 0.2) is 0 Å². The van der Waals surface area contributed by atoms with Crippen LogP contribution in [0.4, 0.5) is 0 Å². The number of aliphatic hydroxyl groups is 2. The van der Waals surface area contributed by atoms with Crippen LogP contribution in [0, 0.1) is 0 Å². The Morgan fingerprint density at radius 3 is 0.825 bits per heavy atom. The minimum absolute atomic E-state index is 0. The van der Waals surface area contributed by atoms with Crippen LogP contribution in [0.3, 0.4) is 0 Å². The van der Waals surface area contributed by atoms with Crippen molar-refractivity contribution in [3.63, 3.8) is 0 Å². The molecule has 0 aromatic carbocycles. The number of hydrogen-bond acceptors (Lipinski definition) is 6. The lowest BCUT2D eigenvalue weighted by atomic mass is 10.0. The molecule has 0 aliphatic rings. The van der Waals surface area contributed by atoms with Crippen LogP contribution < -0.4 is 23.4 Å². The molecule has 0 heterocycles. The van der Waals surface area contributed by atoms with Gasteiger partial charge < -0.3 is 55.5 Å². The Morgan fingerprint density at radius 2 is 0.675 bits per heavy atom. The third-order valence-corrected chi connectivity index (χ3v) is 4.89. The SMILES string of the molecule is CC.CCC.CCCCCCCCCCCCCCCCCCCC(N)O.CCCN.CN.CO.N.O.O.O.O. The molecule has 0 aliphatic heterocycles. The minimum atomic E-state index is -0.601. The first kappa shape index (κ1) is 72.1. The van der Waals surface area contributed by atoms with Gasteiger partial charge in [0.25, 0.3) is 0 Å². The van der Waals surface area contributed by atoms with E-state index in [0.29, 0.717) is 0 Å². The normalized spacial score (nSPS) is 8.62. The van der Waals surface area contributed by atoms with Crippen LogP contribution in [0.2, 0.25) is 0 Å². The summed E-state index contributed by atoms with van der Waals surface area (Å²) in [5.41, 5.74) is 14.8. The smallest absolute Gasteiger partial charge is 0.102 e. The Hall–Kier alpha value is -0.400. The predicted octanol–water partition coefficient (Wildman–Crippen LogP) is 5.15. The molecule has 0 amide bonds. The van der Waals surface area contributed by atoms with E-state index in [1.165, 1.54) is 116 Å². The zero-order valence-electron chi connectivity index (χ0n) is 28.8. The standard InChI is InChI=1S/C20H43NO.C3H9N.C3H8.C2H6.CH5N.CH4O.H3N.4H2O/c1-2-3-4-5-6-7-8-9-10-11-12-13-14-15-16-17-18-19-20(21)22;1-2-3-4;1-3-2;3*1-2;;;;;/h20,22H,2-19,21H2,1H3;2-4H2,1H3;3H2,1-2H3;1-2H3;2H2,1H3;2H,1H3;1H3;4*1H2. The van der Waals surface area contributed by atoms with Gasteiger partial charge in [-0.15, -0.1) is 0 Å². The van der Waals surface area contributed by atoms with Crippen molar-refractivity contribution in [2.75, 3.05) is 20.7 Å². The van der Waals surface area contributed by atoms with E-state index in [2.05, 4.69) is 33.4 Å². The van der Waals surface area contributed by atoms with E-state index in [4.69, 9.17) is 21.7 Å². The second kappa shape index (κ2) is 98.0. The average Bonchev–Trinajstić information content (AvgIpc) is 2.90. The fourth-order valence-electron chi connectivity index (χ4n) is 3.08. The van der Waals surface area contributed by atoms with Crippen LogP contribution in [0.5, 0.6) is 0 Å². The molecular formula is C30H86N4O6. The van der Waals surface area contributed by atoms with Crippen LogP contribution in [-0.2, 0) is 0 Å². The van der Waals surface area contributed by atoms with Gasteiger partial charge in [-0.1, -0.05) is 151 Å². The maximum atomic E-state index is 8.96. The highest BCUT2D eigenvalue weighted by atomic mass is 16.3. The lowest BCUT2D eigenvalue weighted by Crippen LogP contribution is -2.17. The molecule has 0 saturated heterocycles. The number of nitrogens with two attached hydrogens (primary N) is 3. The van der Waals surface area contributed by atoms with Crippen LogP contribution in [0.25, 0.3) is 0 Å². The van der Waals surface area contributed by atoms with Gasteiger partial charge in [-0.05, 0) is 32.9 Å². The molecule has 10 heteroatoms. The average molecular weight is 599 g/mol. The molecule has 0 aromatic rings. The summed E-state index contributed by atoms with van der Waals surface area (Å²) in [7, 11) is 2.50. The highest BCUT2D eigenvalue weighted by Gasteiger charge is 1.96. The summed E-state index contributed by atoms with van der Waals surface area (Å²) in [5, 5.41) is 16.0. The van der Waals surface area contributed by atoms with Crippen molar-refractivity contribution >= 4 is 0 Å². The third kappa shape index (κ3) is 131. The van der Waals surface area contributed by atoms with Crippen molar-refractivity contribution in [3.8, 4) is 0 Å². The van der Waals surface area contributed by atoms with Gasteiger partial charge in [0.1, 0.15) is 6.23 Å². The first-order valence-corrected chi connectivity index (χ1v) is 15.3. The van der Waals surface area contributed by atoms with Crippen molar-refractivity contribution in [3.05, 3.63) is 0 Å². The molecule has 0 spiro atoms. The Balaban J connectivity index is -0.0000000446. The largest absolute Gasteiger partial charge is 0.412 e. The maximum absolute atomic E-state index is 8.96. The number of aliphatic hydroxyl groups excluding tert-OH is 2. The molecule has 0 saturated carbocycles. The summed E-state index contributed by atoms with van der Waals surface area (Å²) in [6.45, 7) is 13.4. The first-order valence-electron chi connectivity index (χ1n) is 15.3. The van der Waals surface area contributed by atoms with E-state index in [0.717, 1.165) is 32.9 Å². The summed E-state index contributed by atoms with van der Waals surface area (Å²) in [4.78, 5) is 0. The van der Waals surface area contributed by atoms with E-state index in [-0.39, 0.29) is 28.1 Å². The van der Waals surface area contributed by atoms with Gasteiger partial charge >= 0.3 is 0 Å². The molecule has 40 heavy (non-hydrogen) atoms. The third-order valence-electron chi connectivity index (χ3n) is 4.89. The fraction of sp³-hybridized carbons (Fsp3) is 1.00. The van der Waals surface area contributed by atoms with Gasteiger partial charge in [-0.25, -0.2) is 0 Å². The second-order valence-corrected chi connectivity index (χ2v) is 8.51. The highest BCUT2D eigenvalue weighted by molar-refractivity contribution is 4.51. The fourth-order valence-corrected chi connectivity index (χ4v) is 3.08. The predicted molar refractivity (Wildman–Crippen MR) is 183 cm³/mol. The molecule has 10 nitrogen and oxygen atoms in total. The maximum Gasteiger partial charge on any atom is 0.102 e. The lowest BCUT2D eigenvalue weighted by Gasteiger charge is -2.04. The van der Waals surface area contributed by atoms with E-state index < -0.39 is 6.23 Å². The molecule has 0 radical (unpaired) electrons. The molecule has 0 fully saturated rings. The van der Waals surface area contributed by atoms with E-state index in [1.54, 1.807) is 0 Å². The van der Waals surface area contributed by atoms with Crippen molar-refractivity contribution in [2.24, 2.45) is 17.2 Å². The van der Waals surface area contributed by atoms with Gasteiger partial charge in [-0.3, -0.25) is 0 Å². The molecule has 1 unspecified atom stereocenters.